The molecule has 1 aromatic rings. The van der Waals surface area contributed by atoms with Crippen molar-refractivity contribution in [2.45, 2.75) is 31.8 Å². The Morgan fingerprint density at radius 1 is 1.31 bits per heavy atom. The van der Waals surface area contributed by atoms with Gasteiger partial charge in [0, 0.05) is 25.2 Å². The number of hydrogen-bond acceptors (Lipinski definition) is 2. The van der Waals surface area contributed by atoms with Gasteiger partial charge < -0.3 is 5.11 Å². The molecule has 1 heterocycles. The molecular formula is C13H16FNO. The third-order valence-electron chi connectivity index (χ3n) is 3.85. The normalized spacial score (nSPS) is 28.8. The van der Waals surface area contributed by atoms with Crippen LogP contribution < -0.4 is 0 Å². The summed E-state index contributed by atoms with van der Waals surface area (Å²) in [5, 5.41) is 9.34. The Balaban J connectivity index is 1.74. The van der Waals surface area contributed by atoms with Gasteiger partial charge in [0.15, 0.2) is 0 Å². The maximum Gasteiger partial charge on any atom is 0.127 e. The molecule has 0 spiro atoms. The number of benzene rings is 1. The Morgan fingerprint density at radius 2 is 2.19 bits per heavy atom. The smallest absolute Gasteiger partial charge is 0.127 e. The lowest BCUT2D eigenvalue weighted by molar-refractivity contribution is 0.205. The van der Waals surface area contributed by atoms with Gasteiger partial charge in [-0.1, -0.05) is 0 Å². The molecule has 86 valence electrons. The number of phenolic OH excluding ortho intramolecular Hbond substituents is 1. The quantitative estimate of drug-likeness (QED) is 0.829. The molecule has 0 radical (unpaired) electrons. The van der Waals surface area contributed by atoms with Crippen LogP contribution in [0.1, 0.15) is 24.8 Å². The van der Waals surface area contributed by atoms with Crippen LogP contribution in [-0.4, -0.2) is 22.6 Å². The first-order valence-corrected chi connectivity index (χ1v) is 5.93. The lowest BCUT2D eigenvalue weighted by atomic mass is 10.1. The van der Waals surface area contributed by atoms with Gasteiger partial charge in [0.1, 0.15) is 11.6 Å². The molecule has 1 saturated heterocycles. The predicted molar refractivity (Wildman–Crippen MR) is 59.6 cm³/mol. The van der Waals surface area contributed by atoms with E-state index in [-0.39, 0.29) is 11.6 Å². The zero-order valence-corrected chi connectivity index (χ0v) is 9.19. The minimum absolute atomic E-state index is 0.0272. The summed E-state index contributed by atoms with van der Waals surface area (Å²) >= 11 is 0. The number of aromatic hydroxyl groups is 1. The fourth-order valence-electron chi connectivity index (χ4n) is 3.18. The average Bonchev–Trinajstić information content (AvgIpc) is 2.77. The molecule has 2 bridgehead atoms. The van der Waals surface area contributed by atoms with Crippen molar-refractivity contribution in [1.82, 2.24) is 4.90 Å². The van der Waals surface area contributed by atoms with Crippen molar-refractivity contribution in [1.29, 1.82) is 0 Å². The van der Waals surface area contributed by atoms with Crippen molar-refractivity contribution in [3.05, 3.63) is 29.6 Å². The minimum Gasteiger partial charge on any atom is -0.508 e. The summed E-state index contributed by atoms with van der Waals surface area (Å²) in [7, 11) is 0. The molecule has 3 rings (SSSR count). The minimum atomic E-state index is -0.348. The van der Waals surface area contributed by atoms with Crippen LogP contribution in [0, 0.1) is 11.7 Å². The first-order chi connectivity index (χ1) is 7.70. The number of fused-ring (bicyclic) bond motifs is 2. The highest BCUT2D eigenvalue weighted by atomic mass is 19.1. The van der Waals surface area contributed by atoms with Crippen molar-refractivity contribution in [3.63, 3.8) is 0 Å². The van der Waals surface area contributed by atoms with Crippen LogP contribution in [0.5, 0.6) is 5.75 Å². The number of halogens is 1. The molecule has 2 aliphatic rings. The summed E-state index contributed by atoms with van der Waals surface area (Å²) in [5.74, 6) is 0.533. The standard InChI is InChI=1S/C13H16FNO/c14-11-3-10(5-13(16)6-11)8-15-7-9-1-2-12(15)4-9/h3,5-6,9,12,16H,1-2,4,7-8H2. The Kier molecular flexibility index (Phi) is 2.36. The van der Waals surface area contributed by atoms with E-state index >= 15 is 0 Å². The fourth-order valence-corrected chi connectivity index (χ4v) is 3.18. The molecule has 0 amide bonds. The van der Waals surface area contributed by atoms with Gasteiger partial charge in [0.05, 0.1) is 0 Å². The first-order valence-electron chi connectivity index (χ1n) is 5.93. The monoisotopic (exact) mass is 221 g/mol. The van der Waals surface area contributed by atoms with Crippen LogP contribution in [0.25, 0.3) is 0 Å². The van der Waals surface area contributed by atoms with E-state index in [9.17, 15) is 9.50 Å². The molecule has 3 heteroatoms. The highest BCUT2D eigenvalue weighted by Crippen LogP contribution is 2.38. The van der Waals surface area contributed by atoms with Crippen LogP contribution in [0.4, 0.5) is 4.39 Å². The maximum atomic E-state index is 13.1. The third-order valence-corrected chi connectivity index (χ3v) is 3.85. The Labute approximate surface area is 94.7 Å². The van der Waals surface area contributed by atoms with E-state index in [1.165, 1.54) is 25.3 Å². The molecule has 2 fully saturated rings. The molecule has 16 heavy (non-hydrogen) atoms. The summed E-state index contributed by atoms with van der Waals surface area (Å²) in [6.45, 7) is 1.91. The van der Waals surface area contributed by atoms with E-state index < -0.39 is 0 Å². The van der Waals surface area contributed by atoms with Crippen molar-refractivity contribution in [2.24, 2.45) is 5.92 Å². The molecule has 1 N–H and O–H groups in total. The fraction of sp³-hybridized carbons (Fsp3) is 0.538. The molecule has 0 aromatic heterocycles. The number of rotatable bonds is 2. The van der Waals surface area contributed by atoms with E-state index in [0.717, 1.165) is 30.6 Å². The van der Waals surface area contributed by atoms with Gasteiger partial charge in [-0.15, -0.1) is 0 Å². The van der Waals surface area contributed by atoms with E-state index in [4.69, 9.17) is 0 Å². The van der Waals surface area contributed by atoms with Crippen molar-refractivity contribution >= 4 is 0 Å². The summed E-state index contributed by atoms with van der Waals surface area (Å²) < 4.78 is 13.1. The Bertz CT molecular complexity index is 387. The lowest BCUT2D eigenvalue weighted by Crippen LogP contribution is -2.31. The van der Waals surface area contributed by atoms with E-state index in [1.54, 1.807) is 6.07 Å². The topological polar surface area (TPSA) is 23.5 Å². The average molecular weight is 221 g/mol. The van der Waals surface area contributed by atoms with Gasteiger partial charge in [0.25, 0.3) is 0 Å². The number of phenols is 1. The van der Waals surface area contributed by atoms with Crippen LogP contribution in [0.2, 0.25) is 0 Å². The van der Waals surface area contributed by atoms with Crippen LogP contribution >= 0.6 is 0 Å². The Hall–Kier alpha value is -1.09. The van der Waals surface area contributed by atoms with Crippen LogP contribution in [0.15, 0.2) is 18.2 Å². The summed E-state index contributed by atoms with van der Waals surface area (Å²) in [4.78, 5) is 2.42. The van der Waals surface area contributed by atoms with E-state index in [1.807, 2.05) is 0 Å². The second-order valence-electron chi connectivity index (χ2n) is 5.08. The van der Waals surface area contributed by atoms with Gasteiger partial charge in [-0.2, -0.15) is 0 Å². The summed E-state index contributed by atoms with van der Waals surface area (Å²) in [6.07, 6.45) is 3.95. The largest absolute Gasteiger partial charge is 0.508 e. The zero-order valence-electron chi connectivity index (χ0n) is 9.19. The number of likely N-dealkylation sites (tertiary alicyclic amines) is 1. The Morgan fingerprint density at radius 3 is 2.81 bits per heavy atom. The van der Waals surface area contributed by atoms with Gasteiger partial charge in [-0.3, -0.25) is 4.90 Å². The summed E-state index contributed by atoms with van der Waals surface area (Å²) in [5.41, 5.74) is 0.880. The van der Waals surface area contributed by atoms with Gasteiger partial charge >= 0.3 is 0 Å². The highest BCUT2D eigenvalue weighted by Gasteiger charge is 2.37. The molecule has 2 nitrogen and oxygen atoms in total. The van der Waals surface area contributed by atoms with Crippen molar-refractivity contribution in [2.75, 3.05) is 6.54 Å². The SMILES string of the molecule is Oc1cc(F)cc(CN2CC3CCC2C3)c1. The molecule has 1 aromatic carbocycles. The molecule has 1 saturated carbocycles. The third kappa shape index (κ3) is 1.80. The van der Waals surface area contributed by atoms with Gasteiger partial charge in [0.2, 0.25) is 0 Å². The van der Waals surface area contributed by atoms with E-state index in [2.05, 4.69) is 4.90 Å². The van der Waals surface area contributed by atoms with E-state index in [0.29, 0.717) is 6.04 Å². The maximum absolute atomic E-state index is 13.1. The van der Waals surface area contributed by atoms with Crippen molar-refractivity contribution in [3.8, 4) is 5.75 Å². The molecular weight excluding hydrogens is 205 g/mol. The molecule has 1 aliphatic heterocycles. The lowest BCUT2D eigenvalue weighted by Gasteiger charge is -2.26. The molecule has 2 unspecified atom stereocenters. The van der Waals surface area contributed by atoms with Crippen molar-refractivity contribution < 1.29 is 9.50 Å². The van der Waals surface area contributed by atoms with Crippen LogP contribution in [-0.2, 0) is 6.54 Å². The molecule has 2 atom stereocenters. The van der Waals surface area contributed by atoms with Gasteiger partial charge in [-0.25, -0.2) is 4.39 Å². The predicted octanol–water partition coefficient (Wildman–Crippen LogP) is 2.52. The second-order valence-corrected chi connectivity index (χ2v) is 5.08. The first kappa shape index (κ1) is 10.1. The zero-order chi connectivity index (χ0) is 11.1. The summed E-state index contributed by atoms with van der Waals surface area (Å²) in [6, 6.07) is 5.02. The number of piperidine rings is 1. The second kappa shape index (κ2) is 3.74. The highest BCUT2D eigenvalue weighted by molar-refractivity contribution is 5.28. The van der Waals surface area contributed by atoms with Gasteiger partial charge in [-0.05, 0) is 42.9 Å². The number of hydrogen-bond donors (Lipinski definition) is 1. The van der Waals surface area contributed by atoms with Crippen LogP contribution in [0.3, 0.4) is 0 Å². The molecule has 1 aliphatic carbocycles. The number of nitrogens with zero attached hydrogens (tertiary/aromatic N) is 1.